The summed E-state index contributed by atoms with van der Waals surface area (Å²) in [5, 5.41) is 8.26. The second kappa shape index (κ2) is 4.46. The van der Waals surface area contributed by atoms with Gasteiger partial charge in [-0.25, -0.2) is 4.79 Å². The largest absolute Gasteiger partial charge is 0.475 e. The van der Waals surface area contributed by atoms with Crippen molar-refractivity contribution in [3.63, 3.8) is 0 Å². The normalized spacial score (nSPS) is 8.33. The topological polar surface area (TPSA) is 67.3 Å². The molecule has 0 saturated heterocycles. The van der Waals surface area contributed by atoms with Crippen molar-refractivity contribution >= 4 is 24.2 Å². The molecule has 0 atom stereocenters. The number of hydrogen-bond acceptors (Lipinski definition) is 3. The molecule has 0 amide bonds. The lowest BCUT2D eigenvalue weighted by Gasteiger charge is -1.91. The lowest BCUT2D eigenvalue weighted by Crippen LogP contribution is -2.12. The number of Topliss-reactive ketones (excluding diaryl/α,β-unsaturated/α-hetero) is 1. The monoisotopic (exact) mass is 187 g/mol. The molecule has 1 rings (SSSR count). The second-order valence-corrected chi connectivity index (χ2v) is 1.88. The molecule has 64 valence electrons. The van der Waals surface area contributed by atoms with E-state index in [2.05, 4.69) is 4.98 Å². The van der Waals surface area contributed by atoms with Crippen LogP contribution in [0.1, 0.15) is 10.4 Å². The van der Waals surface area contributed by atoms with Gasteiger partial charge in [0, 0.05) is 18.0 Å². The Hall–Kier alpha value is -1.42. The first-order chi connectivity index (χ1) is 5.22. The Morgan fingerprint density at radius 2 is 2.08 bits per heavy atom. The van der Waals surface area contributed by atoms with Crippen LogP contribution in [0.2, 0.25) is 0 Å². The third-order valence-corrected chi connectivity index (χ3v) is 1.12. The van der Waals surface area contributed by atoms with Crippen LogP contribution in [0, 0.1) is 0 Å². The van der Waals surface area contributed by atoms with E-state index in [4.69, 9.17) is 5.11 Å². The molecule has 0 fully saturated rings. The van der Waals surface area contributed by atoms with E-state index >= 15 is 0 Å². The predicted molar refractivity (Wildman–Crippen MR) is 43.5 cm³/mol. The summed E-state index contributed by atoms with van der Waals surface area (Å²) in [6, 6.07) is 2.92. The van der Waals surface area contributed by atoms with Crippen LogP contribution in [0.25, 0.3) is 0 Å². The fourth-order valence-corrected chi connectivity index (χ4v) is 0.621. The fourth-order valence-electron chi connectivity index (χ4n) is 0.621. The van der Waals surface area contributed by atoms with Crippen LogP contribution < -0.4 is 0 Å². The van der Waals surface area contributed by atoms with Crippen LogP contribution >= 0.6 is 12.4 Å². The molecule has 0 unspecified atom stereocenters. The van der Waals surface area contributed by atoms with Crippen molar-refractivity contribution in [2.75, 3.05) is 0 Å². The summed E-state index contributed by atoms with van der Waals surface area (Å²) < 4.78 is 0. The SMILES string of the molecule is Cl.O=C(O)C(=O)c1cccnc1. The minimum absolute atomic E-state index is 0. The smallest absolute Gasteiger partial charge is 0.377 e. The van der Waals surface area contributed by atoms with Crippen LogP contribution in [-0.4, -0.2) is 21.8 Å². The van der Waals surface area contributed by atoms with Gasteiger partial charge in [0.25, 0.3) is 5.78 Å². The summed E-state index contributed by atoms with van der Waals surface area (Å²) in [4.78, 5) is 24.4. The van der Waals surface area contributed by atoms with E-state index in [9.17, 15) is 9.59 Å². The number of pyridine rings is 1. The van der Waals surface area contributed by atoms with E-state index in [1.165, 1.54) is 24.5 Å². The Balaban J connectivity index is 0.00000121. The molecule has 5 heteroatoms. The van der Waals surface area contributed by atoms with Gasteiger partial charge in [-0.05, 0) is 12.1 Å². The van der Waals surface area contributed by atoms with Crippen LogP contribution in [0.15, 0.2) is 24.5 Å². The standard InChI is InChI=1S/C7H5NO3.ClH/c9-6(7(10)11)5-2-1-3-8-4-5;/h1-4H,(H,10,11);1H. The van der Waals surface area contributed by atoms with E-state index < -0.39 is 11.8 Å². The second-order valence-electron chi connectivity index (χ2n) is 1.88. The molecule has 0 saturated carbocycles. The van der Waals surface area contributed by atoms with Crippen molar-refractivity contribution in [2.24, 2.45) is 0 Å². The number of carboxylic acid groups (broad SMARTS) is 1. The molecule has 12 heavy (non-hydrogen) atoms. The molecule has 0 bridgehead atoms. The Bertz CT molecular complexity index is 286. The Morgan fingerprint density at radius 3 is 2.50 bits per heavy atom. The number of carboxylic acids is 1. The van der Waals surface area contributed by atoms with Gasteiger partial charge in [0.2, 0.25) is 0 Å². The van der Waals surface area contributed by atoms with Crippen LogP contribution in [0.3, 0.4) is 0 Å². The van der Waals surface area contributed by atoms with Gasteiger partial charge in [-0.1, -0.05) is 0 Å². The molecule has 1 aromatic rings. The lowest BCUT2D eigenvalue weighted by atomic mass is 10.2. The van der Waals surface area contributed by atoms with E-state index in [-0.39, 0.29) is 18.0 Å². The van der Waals surface area contributed by atoms with Crippen LogP contribution in [0.4, 0.5) is 0 Å². The molecule has 0 radical (unpaired) electrons. The van der Waals surface area contributed by atoms with Crippen molar-refractivity contribution in [3.05, 3.63) is 30.1 Å². The molecule has 0 aromatic carbocycles. The first-order valence-electron chi connectivity index (χ1n) is 2.89. The molecule has 0 aliphatic carbocycles. The molecule has 0 spiro atoms. The van der Waals surface area contributed by atoms with Gasteiger partial charge in [-0.2, -0.15) is 0 Å². The Morgan fingerprint density at radius 1 is 1.42 bits per heavy atom. The molecular weight excluding hydrogens is 182 g/mol. The average Bonchev–Trinajstić information content (AvgIpc) is 2.05. The molecule has 0 aliphatic rings. The molecule has 0 aliphatic heterocycles. The van der Waals surface area contributed by atoms with Gasteiger partial charge in [-0.15, -0.1) is 12.4 Å². The van der Waals surface area contributed by atoms with Gasteiger partial charge in [0.15, 0.2) is 0 Å². The van der Waals surface area contributed by atoms with Gasteiger partial charge in [-0.3, -0.25) is 9.78 Å². The average molecular weight is 188 g/mol. The van der Waals surface area contributed by atoms with Crippen LogP contribution in [0.5, 0.6) is 0 Å². The summed E-state index contributed by atoms with van der Waals surface area (Å²) in [5.41, 5.74) is 0.0972. The number of hydrogen-bond donors (Lipinski definition) is 1. The number of nitrogens with zero attached hydrogens (tertiary/aromatic N) is 1. The van der Waals surface area contributed by atoms with Crippen molar-refractivity contribution < 1.29 is 14.7 Å². The number of ketones is 1. The van der Waals surface area contributed by atoms with Crippen molar-refractivity contribution in [1.29, 1.82) is 0 Å². The van der Waals surface area contributed by atoms with Gasteiger partial charge in [0.05, 0.1) is 0 Å². The summed E-state index contributed by atoms with van der Waals surface area (Å²) in [7, 11) is 0. The molecule has 1 heterocycles. The first-order valence-corrected chi connectivity index (χ1v) is 2.89. The third-order valence-electron chi connectivity index (χ3n) is 1.12. The molecule has 1 N–H and O–H groups in total. The molecule has 1 aromatic heterocycles. The zero-order chi connectivity index (χ0) is 8.27. The van der Waals surface area contributed by atoms with Crippen molar-refractivity contribution in [1.82, 2.24) is 4.98 Å². The van der Waals surface area contributed by atoms with Crippen molar-refractivity contribution in [2.45, 2.75) is 0 Å². The predicted octanol–water partition coefficient (Wildman–Crippen LogP) is 0.771. The summed E-state index contributed by atoms with van der Waals surface area (Å²) in [5.74, 6) is -2.39. The highest BCUT2D eigenvalue weighted by atomic mass is 35.5. The maximum Gasteiger partial charge on any atom is 0.377 e. The van der Waals surface area contributed by atoms with Gasteiger partial charge >= 0.3 is 5.97 Å². The zero-order valence-corrected chi connectivity index (χ0v) is 6.75. The van der Waals surface area contributed by atoms with Gasteiger partial charge in [0.1, 0.15) is 0 Å². The molecule has 4 nitrogen and oxygen atoms in total. The van der Waals surface area contributed by atoms with Crippen molar-refractivity contribution in [3.8, 4) is 0 Å². The Kier molecular flexibility index (Phi) is 3.93. The quantitative estimate of drug-likeness (QED) is 0.549. The highest BCUT2D eigenvalue weighted by molar-refractivity contribution is 6.39. The first kappa shape index (κ1) is 10.6. The number of carbonyl (C=O) groups is 2. The Labute approximate surface area is 74.7 Å². The summed E-state index contributed by atoms with van der Waals surface area (Å²) in [6.07, 6.45) is 2.69. The van der Waals surface area contributed by atoms with Gasteiger partial charge < -0.3 is 5.11 Å². The maximum atomic E-state index is 10.7. The zero-order valence-electron chi connectivity index (χ0n) is 5.93. The number of carbonyl (C=O) groups excluding carboxylic acids is 1. The molecular formula is C7H6ClNO3. The maximum absolute atomic E-state index is 10.7. The van der Waals surface area contributed by atoms with E-state index in [0.717, 1.165) is 0 Å². The third kappa shape index (κ3) is 2.32. The number of halogens is 1. The fraction of sp³-hybridized carbons (Fsp3) is 0. The summed E-state index contributed by atoms with van der Waals surface area (Å²) in [6.45, 7) is 0. The van der Waals surface area contributed by atoms with E-state index in [1.807, 2.05) is 0 Å². The summed E-state index contributed by atoms with van der Waals surface area (Å²) >= 11 is 0. The van der Waals surface area contributed by atoms with E-state index in [0.29, 0.717) is 0 Å². The highest BCUT2D eigenvalue weighted by Crippen LogP contribution is 1.96. The van der Waals surface area contributed by atoms with E-state index in [1.54, 1.807) is 0 Å². The minimum atomic E-state index is -1.46. The number of rotatable bonds is 2. The number of aromatic nitrogens is 1. The lowest BCUT2D eigenvalue weighted by molar-refractivity contribution is -0.131. The van der Waals surface area contributed by atoms with Crippen LogP contribution in [-0.2, 0) is 4.79 Å². The highest BCUT2D eigenvalue weighted by Gasteiger charge is 2.13. The minimum Gasteiger partial charge on any atom is -0.475 e. The number of aliphatic carboxylic acids is 1.